The van der Waals surface area contributed by atoms with E-state index in [1.807, 2.05) is 36.0 Å². The fourth-order valence-electron chi connectivity index (χ4n) is 6.83. The van der Waals surface area contributed by atoms with Crippen molar-refractivity contribution in [2.45, 2.75) is 49.2 Å². The van der Waals surface area contributed by atoms with Gasteiger partial charge in [-0.2, -0.15) is 0 Å². The molecule has 3 atom stereocenters. The Hall–Kier alpha value is -4.12. The zero-order chi connectivity index (χ0) is 30.4. The number of methoxy groups -OCH3 is 2. The Balaban J connectivity index is 1.67. The van der Waals surface area contributed by atoms with E-state index in [0.29, 0.717) is 23.7 Å². The predicted octanol–water partition coefficient (Wildman–Crippen LogP) is 7.04. The standard InChI is InChI=1S/C31H33N3O7S/c1-30(2)26-18-32(29(35)19-13-20(33(36)37)15-21(14-19)34(38)39)24-16-22(40-4)17-25(41-5)28(24)31(26,3)12-11-27(30)42-23-9-7-6-8-10-23/h6-10,13-17,26-27H,11-12,18H2,1-5H3/t26-,27-,31-/m0/s1. The molecule has 5 rings (SSSR count). The second kappa shape index (κ2) is 10.9. The van der Waals surface area contributed by atoms with Crippen molar-refractivity contribution < 1.29 is 24.1 Å². The number of rotatable bonds is 7. The van der Waals surface area contributed by atoms with E-state index < -0.39 is 27.1 Å². The van der Waals surface area contributed by atoms with E-state index in [2.05, 4.69) is 32.9 Å². The lowest BCUT2D eigenvalue weighted by molar-refractivity contribution is -0.394. The summed E-state index contributed by atoms with van der Waals surface area (Å²) in [4.78, 5) is 38.8. The summed E-state index contributed by atoms with van der Waals surface area (Å²) in [5.41, 5.74) is -0.346. The number of nitro benzene ring substituents is 2. The molecule has 0 bridgehead atoms. The molecule has 0 saturated heterocycles. The number of benzene rings is 3. The van der Waals surface area contributed by atoms with Gasteiger partial charge in [-0.05, 0) is 36.3 Å². The van der Waals surface area contributed by atoms with Gasteiger partial charge in [0, 0.05) is 51.9 Å². The number of anilines is 1. The average molecular weight is 592 g/mol. The van der Waals surface area contributed by atoms with Crippen LogP contribution in [0.25, 0.3) is 0 Å². The van der Waals surface area contributed by atoms with E-state index in [1.54, 1.807) is 18.1 Å². The van der Waals surface area contributed by atoms with Crippen LogP contribution in [0.1, 0.15) is 49.5 Å². The summed E-state index contributed by atoms with van der Waals surface area (Å²) in [5, 5.41) is 23.5. The monoisotopic (exact) mass is 591 g/mol. The zero-order valence-electron chi connectivity index (χ0n) is 24.2. The van der Waals surface area contributed by atoms with Crippen LogP contribution in [0.5, 0.6) is 11.5 Å². The summed E-state index contributed by atoms with van der Waals surface area (Å²) in [6, 6.07) is 16.9. The Morgan fingerprint density at radius 1 is 0.952 bits per heavy atom. The first-order chi connectivity index (χ1) is 19.9. The molecule has 0 N–H and O–H groups in total. The number of non-ortho nitro benzene ring substituents is 2. The number of hydrogen-bond acceptors (Lipinski definition) is 8. The minimum atomic E-state index is -0.729. The van der Waals surface area contributed by atoms with E-state index in [9.17, 15) is 25.0 Å². The summed E-state index contributed by atoms with van der Waals surface area (Å²) in [6.07, 6.45) is 1.80. The van der Waals surface area contributed by atoms with Crippen molar-refractivity contribution in [2.75, 3.05) is 25.7 Å². The molecule has 11 heteroatoms. The van der Waals surface area contributed by atoms with Crippen LogP contribution in [0.15, 0.2) is 65.6 Å². The van der Waals surface area contributed by atoms with Gasteiger partial charge in [-0.1, -0.05) is 39.0 Å². The summed E-state index contributed by atoms with van der Waals surface area (Å²) in [6.45, 7) is 7.00. The summed E-state index contributed by atoms with van der Waals surface area (Å²) in [5.74, 6) is 0.480. The van der Waals surface area contributed by atoms with Crippen LogP contribution < -0.4 is 14.4 Å². The van der Waals surface area contributed by atoms with Crippen molar-refractivity contribution in [2.24, 2.45) is 11.3 Å². The van der Waals surface area contributed by atoms with Crippen molar-refractivity contribution >= 4 is 34.7 Å². The Kier molecular flexibility index (Phi) is 7.65. The van der Waals surface area contributed by atoms with Gasteiger partial charge in [0.2, 0.25) is 0 Å². The lowest BCUT2D eigenvalue weighted by Crippen LogP contribution is -2.59. The number of thioether (sulfide) groups is 1. The molecular weight excluding hydrogens is 558 g/mol. The Bertz CT molecular complexity index is 1530. The maximum atomic E-state index is 14.3. The molecule has 2 aliphatic rings. The highest BCUT2D eigenvalue weighted by atomic mass is 32.2. The SMILES string of the molecule is COc1cc(OC)c2c(c1)N(C(=O)c1cc([N+](=O)[O-])cc([N+](=O)[O-])c1)C[C@H]1C(C)(C)[C@@H](Sc3ccccc3)CC[C@]21C. The normalized spacial score (nSPS) is 22.5. The number of hydrogen-bond donors (Lipinski definition) is 0. The highest BCUT2D eigenvalue weighted by Gasteiger charge is 2.57. The highest BCUT2D eigenvalue weighted by molar-refractivity contribution is 8.00. The van der Waals surface area contributed by atoms with Gasteiger partial charge >= 0.3 is 0 Å². The lowest BCUT2D eigenvalue weighted by atomic mass is 9.52. The van der Waals surface area contributed by atoms with Gasteiger partial charge in [-0.25, -0.2) is 0 Å². The minimum absolute atomic E-state index is 0.0348. The van der Waals surface area contributed by atoms with E-state index >= 15 is 0 Å². The fourth-order valence-corrected chi connectivity index (χ4v) is 8.18. The molecular formula is C31H33N3O7S. The third-order valence-corrected chi connectivity index (χ3v) is 10.7. The first kappa shape index (κ1) is 29.4. The van der Waals surface area contributed by atoms with Crippen molar-refractivity contribution in [3.05, 3.63) is 92.0 Å². The largest absolute Gasteiger partial charge is 0.497 e. The fraction of sp³-hybridized carbons (Fsp3) is 0.387. The second-order valence-electron chi connectivity index (χ2n) is 11.6. The van der Waals surface area contributed by atoms with Crippen LogP contribution in [0.3, 0.4) is 0 Å². The van der Waals surface area contributed by atoms with Crippen LogP contribution in [0.4, 0.5) is 17.1 Å². The van der Waals surface area contributed by atoms with Crippen LogP contribution in [-0.2, 0) is 5.41 Å². The van der Waals surface area contributed by atoms with Crippen molar-refractivity contribution in [1.29, 1.82) is 0 Å². The average Bonchev–Trinajstić information content (AvgIpc) is 2.97. The van der Waals surface area contributed by atoms with Crippen molar-refractivity contribution in [3.8, 4) is 11.5 Å². The molecule has 1 aliphatic heterocycles. The van der Waals surface area contributed by atoms with Gasteiger partial charge in [0.15, 0.2) is 0 Å². The van der Waals surface area contributed by atoms with Gasteiger partial charge < -0.3 is 14.4 Å². The van der Waals surface area contributed by atoms with Crippen LogP contribution in [0, 0.1) is 31.6 Å². The number of nitro groups is 2. The van der Waals surface area contributed by atoms with Gasteiger partial charge in [-0.15, -0.1) is 11.8 Å². The maximum Gasteiger partial charge on any atom is 0.277 e. The van der Waals surface area contributed by atoms with Gasteiger partial charge in [0.25, 0.3) is 17.3 Å². The number of carbonyl (C=O) groups is 1. The smallest absolute Gasteiger partial charge is 0.277 e. The molecule has 10 nitrogen and oxygen atoms in total. The molecule has 1 heterocycles. The maximum absolute atomic E-state index is 14.3. The van der Waals surface area contributed by atoms with E-state index in [4.69, 9.17) is 9.47 Å². The Morgan fingerprint density at radius 3 is 2.17 bits per heavy atom. The molecule has 42 heavy (non-hydrogen) atoms. The quantitative estimate of drug-likeness (QED) is 0.212. The Morgan fingerprint density at radius 2 is 1.60 bits per heavy atom. The molecule has 0 aromatic heterocycles. The minimum Gasteiger partial charge on any atom is -0.497 e. The van der Waals surface area contributed by atoms with E-state index in [1.165, 1.54) is 12.0 Å². The molecule has 0 spiro atoms. The topological polar surface area (TPSA) is 125 Å². The van der Waals surface area contributed by atoms with Crippen molar-refractivity contribution in [1.82, 2.24) is 0 Å². The summed E-state index contributed by atoms with van der Waals surface area (Å²) < 4.78 is 11.4. The third kappa shape index (κ3) is 4.95. The van der Waals surface area contributed by atoms with Gasteiger partial charge in [-0.3, -0.25) is 25.0 Å². The van der Waals surface area contributed by atoms with Gasteiger partial charge in [0.05, 0.1) is 41.4 Å². The van der Waals surface area contributed by atoms with Crippen molar-refractivity contribution in [3.63, 3.8) is 0 Å². The molecule has 1 saturated carbocycles. The molecule has 3 aromatic carbocycles. The molecule has 0 unspecified atom stereocenters. The zero-order valence-corrected chi connectivity index (χ0v) is 25.0. The second-order valence-corrected chi connectivity index (χ2v) is 12.9. The van der Waals surface area contributed by atoms with Gasteiger partial charge in [0.1, 0.15) is 11.5 Å². The number of nitrogens with zero attached hydrogens (tertiary/aromatic N) is 3. The highest BCUT2D eigenvalue weighted by Crippen LogP contribution is 2.62. The number of fused-ring (bicyclic) bond motifs is 3. The molecule has 3 aromatic rings. The van der Waals surface area contributed by atoms with Crippen LogP contribution >= 0.6 is 11.8 Å². The number of ether oxygens (including phenoxy) is 2. The number of carbonyl (C=O) groups excluding carboxylic acids is 1. The van der Waals surface area contributed by atoms with E-state index in [0.717, 1.165) is 36.6 Å². The molecule has 0 radical (unpaired) electrons. The predicted molar refractivity (Wildman–Crippen MR) is 161 cm³/mol. The summed E-state index contributed by atoms with van der Waals surface area (Å²) in [7, 11) is 3.11. The molecule has 1 fully saturated rings. The Labute approximate surface area is 248 Å². The first-order valence-electron chi connectivity index (χ1n) is 13.6. The summed E-state index contributed by atoms with van der Waals surface area (Å²) >= 11 is 1.83. The molecule has 220 valence electrons. The molecule has 1 aliphatic carbocycles. The van der Waals surface area contributed by atoms with Crippen LogP contribution in [-0.4, -0.2) is 41.8 Å². The third-order valence-electron chi connectivity index (χ3n) is 9.00. The molecule has 1 amide bonds. The number of amides is 1. The van der Waals surface area contributed by atoms with E-state index in [-0.39, 0.29) is 27.6 Å². The first-order valence-corrected chi connectivity index (χ1v) is 14.5. The lowest BCUT2D eigenvalue weighted by Gasteiger charge is -2.59. The van der Waals surface area contributed by atoms with Crippen LogP contribution in [0.2, 0.25) is 0 Å².